The molecule has 0 fully saturated rings. The highest BCUT2D eigenvalue weighted by molar-refractivity contribution is 5.98. The number of aromatic amines is 1. The highest BCUT2D eigenvalue weighted by atomic mass is 16.5. The molecule has 1 aromatic heterocycles. The Morgan fingerprint density at radius 2 is 1.90 bits per heavy atom. The van der Waals surface area contributed by atoms with E-state index in [0.717, 1.165) is 15.7 Å². The summed E-state index contributed by atoms with van der Waals surface area (Å²) in [5.41, 5.74) is 1.05. The lowest BCUT2D eigenvalue weighted by molar-refractivity contribution is -0.117. The predicted octanol–water partition coefficient (Wildman–Crippen LogP) is 1.69. The molecule has 0 spiro atoms. The Balaban J connectivity index is 1.56. The molecule has 4 rings (SSSR count). The van der Waals surface area contributed by atoms with Crippen molar-refractivity contribution in [2.45, 2.75) is 13.1 Å². The quantitative estimate of drug-likeness (QED) is 0.633. The molecule has 0 saturated heterocycles. The zero-order valence-electron chi connectivity index (χ0n) is 16.9. The third kappa shape index (κ3) is 4.42. The van der Waals surface area contributed by atoms with Crippen LogP contribution in [0.3, 0.4) is 0 Å². The van der Waals surface area contributed by atoms with Crippen LogP contribution in [0.4, 0.5) is 0 Å². The number of rotatable bonds is 6. The molecule has 2 N–H and O–H groups in total. The van der Waals surface area contributed by atoms with Gasteiger partial charge in [0, 0.05) is 6.54 Å². The van der Waals surface area contributed by atoms with Crippen molar-refractivity contribution in [3.8, 4) is 11.6 Å². The number of H-pyrrole nitrogens is 1. The van der Waals surface area contributed by atoms with Crippen LogP contribution in [0, 0.1) is 0 Å². The number of amides is 1. The molecular weight excluding hydrogens is 398 g/mol. The van der Waals surface area contributed by atoms with E-state index in [1.54, 1.807) is 7.11 Å². The van der Waals surface area contributed by atoms with Gasteiger partial charge in [-0.25, -0.2) is 4.79 Å². The van der Waals surface area contributed by atoms with Crippen molar-refractivity contribution in [1.29, 1.82) is 0 Å². The Morgan fingerprint density at radius 3 is 2.68 bits per heavy atom. The van der Waals surface area contributed by atoms with Crippen LogP contribution in [-0.4, -0.2) is 29.2 Å². The normalized spacial score (nSPS) is 12.4. The van der Waals surface area contributed by atoms with Gasteiger partial charge < -0.3 is 14.8 Å². The lowest BCUT2D eigenvalue weighted by atomic mass is 10.1. The van der Waals surface area contributed by atoms with E-state index in [2.05, 4.69) is 10.3 Å². The molecule has 1 aliphatic rings. The second-order valence-corrected chi connectivity index (χ2v) is 7.04. The van der Waals surface area contributed by atoms with Gasteiger partial charge in [-0.2, -0.15) is 0 Å². The molecule has 1 aliphatic heterocycles. The molecule has 31 heavy (non-hydrogen) atoms. The Kier molecular flexibility index (Phi) is 5.70. The maximum Gasteiger partial charge on any atom is 0.331 e. The van der Waals surface area contributed by atoms with E-state index < -0.39 is 11.2 Å². The van der Waals surface area contributed by atoms with Gasteiger partial charge in [-0.1, -0.05) is 42.5 Å². The van der Waals surface area contributed by atoms with Gasteiger partial charge in [-0.3, -0.25) is 19.1 Å². The van der Waals surface area contributed by atoms with Crippen LogP contribution in [-0.2, 0) is 17.9 Å². The minimum Gasteiger partial charge on any atom is -0.497 e. The van der Waals surface area contributed by atoms with E-state index >= 15 is 0 Å². The lowest BCUT2D eigenvalue weighted by Crippen LogP contribution is -2.39. The molecule has 1 amide bonds. The van der Waals surface area contributed by atoms with E-state index in [1.807, 2.05) is 54.6 Å². The summed E-state index contributed by atoms with van der Waals surface area (Å²) in [5.74, 6) is 0.418. The number of carbonyl (C=O) groups is 1. The van der Waals surface area contributed by atoms with Gasteiger partial charge >= 0.3 is 5.69 Å². The van der Waals surface area contributed by atoms with Crippen LogP contribution < -0.4 is 26.0 Å². The van der Waals surface area contributed by atoms with Crippen LogP contribution in [0.2, 0.25) is 0 Å². The van der Waals surface area contributed by atoms with Crippen molar-refractivity contribution >= 4 is 12.0 Å². The monoisotopic (exact) mass is 419 g/mol. The van der Waals surface area contributed by atoms with Crippen LogP contribution in [0.25, 0.3) is 6.08 Å². The second-order valence-electron chi connectivity index (χ2n) is 7.04. The molecule has 158 valence electrons. The topological polar surface area (TPSA) is 102 Å². The Hall–Kier alpha value is -4.07. The van der Waals surface area contributed by atoms with E-state index in [4.69, 9.17) is 9.47 Å². The number of methoxy groups -OCH3 is 1. The van der Waals surface area contributed by atoms with Crippen molar-refractivity contribution in [2.75, 3.05) is 13.7 Å². The number of nitrogens with zero attached hydrogens (tertiary/aromatic N) is 1. The van der Waals surface area contributed by atoms with Gasteiger partial charge in [-0.05, 0) is 29.3 Å². The molecule has 0 bridgehead atoms. The van der Waals surface area contributed by atoms with E-state index in [-0.39, 0.29) is 30.5 Å². The largest absolute Gasteiger partial charge is 0.497 e. The molecule has 8 heteroatoms. The third-order valence-corrected chi connectivity index (χ3v) is 4.94. The Bertz CT molecular complexity index is 1260. The van der Waals surface area contributed by atoms with Gasteiger partial charge in [0.15, 0.2) is 0 Å². The summed E-state index contributed by atoms with van der Waals surface area (Å²) in [4.78, 5) is 40.5. The predicted molar refractivity (Wildman–Crippen MR) is 115 cm³/mol. The highest BCUT2D eigenvalue weighted by Crippen LogP contribution is 2.20. The van der Waals surface area contributed by atoms with Crippen molar-refractivity contribution in [1.82, 2.24) is 14.9 Å². The summed E-state index contributed by atoms with van der Waals surface area (Å²) in [5, 5.41) is 2.81. The van der Waals surface area contributed by atoms with Gasteiger partial charge in [0.1, 0.15) is 17.9 Å². The SMILES string of the molecule is COc1cccc(CNC(=O)C2=Cc3c([nH]c(=O)n(Cc4ccccc4)c3=O)OC2)c1. The van der Waals surface area contributed by atoms with E-state index in [1.165, 1.54) is 6.08 Å². The first-order valence-corrected chi connectivity index (χ1v) is 9.70. The first kappa shape index (κ1) is 20.2. The average Bonchev–Trinajstić information content (AvgIpc) is 2.81. The summed E-state index contributed by atoms with van der Waals surface area (Å²) in [6, 6.07) is 16.5. The maximum atomic E-state index is 12.9. The average molecular weight is 419 g/mol. The fraction of sp³-hybridized carbons (Fsp3) is 0.174. The smallest absolute Gasteiger partial charge is 0.331 e. The van der Waals surface area contributed by atoms with Gasteiger partial charge in [0.05, 0.1) is 19.2 Å². The van der Waals surface area contributed by atoms with Crippen molar-refractivity contribution in [3.05, 3.63) is 97.7 Å². The summed E-state index contributed by atoms with van der Waals surface area (Å²) in [6.07, 6.45) is 1.47. The minimum atomic E-state index is -0.563. The standard InChI is InChI=1S/C23H21N3O5/c1-30-18-9-5-8-16(10-18)12-24-20(27)17-11-19-21(31-14-17)25-23(29)26(22(19)28)13-15-6-3-2-4-7-15/h2-11H,12-14H2,1H3,(H,24,27)(H,25,29). The molecule has 0 radical (unpaired) electrons. The molecular formula is C23H21N3O5. The van der Waals surface area contributed by atoms with Crippen LogP contribution in [0.15, 0.2) is 69.8 Å². The molecule has 0 atom stereocenters. The molecule has 2 aromatic carbocycles. The minimum absolute atomic E-state index is 0.0466. The lowest BCUT2D eigenvalue weighted by Gasteiger charge is -2.18. The fourth-order valence-electron chi connectivity index (χ4n) is 3.29. The molecule has 0 aliphatic carbocycles. The summed E-state index contributed by atoms with van der Waals surface area (Å²) in [6.45, 7) is 0.368. The second kappa shape index (κ2) is 8.74. The Morgan fingerprint density at radius 1 is 1.13 bits per heavy atom. The highest BCUT2D eigenvalue weighted by Gasteiger charge is 2.22. The van der Waals surface area contributed by atoms with Gasteiger partial charge in [-0.15, -0.1) is 0 Å². The molecule has 8 nitrogen and oxygen atoms in total. The van der Waals surface area contributed by atoms with Crippen LogP contribution in [0.1, 0.15) is 16.7 Å². The molecule has 0 saturated carbocycles. The number of fused-ring (bicyclic) bond motifs is 1. The summed E-state index contributed by atoms with van der Waals surface area (Å²) < 4.78 is 11.8. The summed E-state index contributed by atoms with van der Waals surface area (Å²) >= 11 is 0. The number of benzene rings is 2. The van der Waals surface area contributed by atoms with Crippen LogP contribution >= 0.6 is 0 Å². The van der Waals surface area contributed by atoms with Gasteiger partial charge in [0.25, 0.3) is 11.5 Å². The third-order valence-electron chi connectivity index (χ3n) is 4.94. The zero-order chi connectivity index (χ0) is 21.8. The first-order valence-electron chi connectivity index (χ1n) is 9.70. The summed E-state index contributed by atoms with van der Waals surface area (Å²) in [7, 11) is 1.58. The van der Waals surface area contributed by atoms with Crippen molar-refractivity contribution < 1.29 is 14.3 Å². The van der Waals surface area contributed by atoms with E-state index in [9.17, 15) is 14.4 Å². The Labute approximate surface area is 177 Å². The number of carbonyl (C=O) groups excluding carboxylic acids is 1. The fourth-order valence-corrected chi connectivity index (χ4v) is 3.29. The molecule has 2 heterocycles. The number of hydrogen-bond acceptors (Lipinski definition) is 5. The maximum absolute atomic E-state index is 12.9. The number of ether oxygens (including phenoxy) is 2. The van der Waals surface area contributed by atoms with E-state index in [0.29, 0.717) is 17.9 Å². The number of aromatic nitrogens is 2. The van der Waals surface area contributed by atoms with Gasteiger partial charge in [0.2, 0.25) is 5.88 Å². The van der Waals surface area contributed by atoms with Crippen molar-refractivity contribution in [3.63, 3.8) is 0 Å². The first-order chi connectivity index (χ1) is 15.0. The number of nitrogens with one attached hydrogen (secondary N) is 2. The van der Waals surface area contributed by atoms with Crippen molar-refractivity contribution in [2.24, 2.45) is 0 Å². The van der Waals surface area contributed by atoms with Crippen LogP contribution in [0.5, 0.6) is 11.6 Å². The molecule has 3 aromatic rings. The zero-order valence-corrected chi connectivity index (χ0v) is 16.9. The number of hydrogen-bond donors (Lipinski definition) is 2. The molecule has 0 unspecified atom stereocenters.